The number of hydrogen-bond acceptors (Lipinski definition) is 5. The van der Waals surface area contributed by atoms with Crippen LogP contribution in [0.25, 0.3) is 11.3 Å². The van der Waals surface area contributed by atoms with Gasteiger partial charge < -0.3 is 14.7 Å². The van der Waals surface area contributed by atoms with E-state index in [0.29, 0.717) is 44.1 Å². The monoisotopic (exact) mass is 444 g/mol. The van der Waals surface area contributed by atoms with Gasteiger partial charge in [-0.1, -0.05) is 18.2 Å². The molecule has 2 fully saturated rings. The Morgan fingerprint density at radius 1 is 0.970 bits per heavy atom. The summed E-state index contributed by atoms with van der Waals surface area (Å²) in [4.78, 5) is 47.7. The van der Waals surface area contributed by atoms with E-state index < -0.39 is 0 Å². The largest absolute Gasteiger partial charge is 0.339 e. The van der Waals surface area contributed by atoms with Crippen LogP contribution in [0.15, 0.2) is 60.9 Å². The molecular formula is C24H24N6O3. The summed E-state index contributed by atoms with van der Waals surface area (Å²) in [6.45, 7) is 2.17. The minimum atomic E-state index is -0.352. The number of aromatic amines is 1. The van der Waals surface area contributed by atoms with Crippen LogP contribution in [-0.4, -0.2) is 75.4 Å². The Balaban J connectivity index is 1.17. The summed E-state index contributed by atoms with van der Waals surface area (Å²) >= 11 is 0. The molecule has 3 amide bonds. The summed E-state index contributed by atoms with van der Waals surface area (Å²) in [5, 5.41) is 7.04. The van der Waals surface area contributed by atoms with Crippen molar-refractivity contribution < 1.29 is 14.4 Å². The fraction of sp³-hybridized carbons (Fsp3) is 0.292. The normalized spacial score (nSPS) is 18.6. The number of H-pyrrole nitrogens is 1. The van der Waals surface area contributed by atoms with Crippen molar-refractivity contribution >= 4 is 23.4 Å². The quantitative estimate of drug-likeness (QED) is 0.661. The predicted octanol–water partition coefficient (Wildman–Crippen LogP) is 1.81. The van der Waals surface area contributed by atoms with Crippen LogP contribution >= 0.6 is 0 Å². The molecule has 1 N–H and O–H groups in total. The molecule has 2 aliphatic heterocycles. The molecule has 5 rings (SSSR count). The SMILES string of the molecule is O=C(c1cc(-c2cccnc2)n[nH]1)N1CCN(C(=O)C2CC(=O)N(c3ccccc3)C2)CC1. The number of hydrogen-bond donors (Lipinski definition) is 1. The Morgan fingerprint density at radius 2 is 1.73 bits per heavy atom. The van der Waals surface area contributed by atoms with Gasteiger partial charge in [-0.3, -0.25) is 24.5 Å². The molecule has 1 atom stereocenters. The fourth-order valence-electron chi connectivity index (χ4n) is 4.38. The standard InChI is InChI=1S/C24H24N6O3/c31-22-13-18(16-30(22)19-6-2-1-3-7-19)23(32)28-9-11-29(12-10-28)24(33)21-14-20(26-27-21)17-5-4-8-25-15-17/h1-8,14-15,18H,9-13,16H2,(H,26,27). The van der Waals surface area contributed by atoms with Gasteiger partial charge >= 0.3 is 0 Å². The van der Waals surface area contributed by atoms with Crippen LogP contribution < -0.4 is 4.90 Å². The first kappa shape index (κ1) is 20.9. The third-order valence-corrected chi connectivity index (χ3v) is 6.19. The Hall–Kier alpha value is -4.01. The zero-order chi connectivity index (χ0) is 22.8. The van der Waals surface area contributed by atoms with Gasteiger partial charge in [0.15, 0.2) is 0 Å². The zero-order valence-corrected chi connectivity index (χ0v) is 18.1. The number of nitrogens with one attached hydrogen (secondary N) is 1. The van der Waals surface area contributed by atoms with Crippen LogP contribution in [0.2, 0.25) is 0 Å². The van der Waals surface area contributed by atoms with Crippen LogP contribution in [0.5, 0.6) is 0 Å². The second kappa shape index (κ2) is 8.85. The number of aromatic nitrogens is 3. The van der Waals surface area contributed by atoms with Gasteiger partial charge in [-0.15, -0.1) is 0 Å². The zero-order valence-electron chi connectivity index (χ0n) is 18.1. The van der Waals surface area contributed by atoms with Gasteiger partial charge in [0.2, 0.25) is 11.8 Å². The first-order chi connectivity index (χ1) is 16.1. The maximum Gasteiger partial charge on any atom is 0.272 e. The summed E-state index contributed by atoms with van der Waals surface area (Å²) in [6.07, 6.45) is 3.60. The Morgan fingerprint density at radius 3 is 2.45 bits per heavy atom. The van der Waals surface area contributed by atoms with Crippen molar-refractivity contribution in [2.24, 2.45) is 5.92 Å². The molecule has 4 heterocycles. The minimum Gasteiger partial charge on any atom is -0.339 e. The van der Waals surface area contributed by atoms with E-state index in [2.05, 4.69) is 15.2 Å². The van der Waals surface area contributed by atoms with Crippen molar-refractivity contribution in [3.8, 4) is 11.3 Å². The summed E-state index contributed by atoms with van der Waals surface area (Å²) < 4.78 is 0. The molecule has 3 aromatic rings. The number of piperazine rings is 1. The fourth-order valence-corrected chi connectivity index (χ4v) is 4.38. The molecule has 168 valence electrons. The maximum atomic E-state index is 13.1. The smallest absolute Gasteiger partial charge is 0.272 e. The van der Waals surface area contributed by atoms with Gasteiger partial charge in [0, 0.05) is 62.8 Å². The van der Waals surface area contributed by atoms with Crippen LogP contribution in [0, 0.1) is 5.92 Å². The molecule has 0 saturated carbocycles. The lowest BCUT2D eigenvalue weighted by atomic mass is 10.1. The van der Waals surface area contributed by atoms with Gasteiger partial charge in [-0.2, -0.15) is 5.10 Å². The van der Waals surface area contributed by atoms with Crippen LogP contribution in [0.1, 0.15) is 16.9 Å². The molecule has 9 heteroatoms. The summed E-state index contributed by atoms with van der Waals surface area (Å²) in [5.74, 6) is -0.544. The number of amides is 3. The lowest BCUT2D eigenvalue weighted by Gasteiger charge is -2.35. The van der Waals surface area contributed by atoms with Crippen molar-refractivity contribution in [1.29, 1.82) is 0 Å². The molecule has 1 unspecified atom stereocenters. The first-order valence-corrected chi connectivity index (χ1v) is 11.0. The third-order valence-electron chi connectivity index (χ3n) is 6.19. The van der Waals surface area contributed by atoms with E-state index in [1.54, 1.807) is 33.2 Å². The minimum absolute atomic E-state index is 0.0192. The van der Waals surface area contributed by atoms with Gasteiger partial charge in [-0.25, -0.2) is 0 Å². The van der Waals surface area contributed by atoms with Gasteiger partial charge in [0.1, 0.15) is 5.69 Å². The molecule has 2 aromatic heterocycles. The molecule has 2 saturated heterocycles. The number of pyridine rings is 1. The van der Waals surface area contributed by atoms with E-state index in [1.165, 1.54) is 0 Å². The highest BCUT2D eigenvalue weighted by molar-refractivity contribution is 6.00. The predicted molar refractivity (Wildman–Crippen MR) is 121 cm³/mol. The van der Waals surface area contributed by atoms with Crippen molar-refractivity contribution in [2.75, 3.05) is 37.6 Å². The Labute approximate surface area is 191 Å². The topological polar surface area (TPSA) is 102 Å². The van der Waals surface area contributed by atoms with Gasteiger partial charge in [0.05, 0.1) is 11.6 Å². The van der Waals surface area contributed by atoms with Gasteiger partial charge in [0.25, 0.3) is 5.91 Å². The maximum absolute atomic E-state index is 13.1. The van der Waals surface area contributed by atoms with E-state index in [4.69, 9.17) is 0 Å². The number of para-hydroxylation sites is 1. The van der Waals surface area contributed by atoms with Crippen molar-refractivity contribution in [2.45, 2.75) is 6.42 Å². The molecule has 9 nitrogen and oxygen atoms in total. The number of carbonyl (C=O) groups is 3. The number of nitrogens with zero attached hydrogens (tertiary/aromatic N) is 5. The average molecular weight is 444 g/mol. The molecule has 33 heavy (non-hydrogen) atoms. The molecule has 0 radical (unpaired) electrons. The highest BCUT2D eigenvalue weighted by Gasteiger charge is 2.38. The molecule has 2 aliphatic rings. The Bertz CT molecular complexity index is 1160. The summed E-state index contributed by atoms with van der Waals surface area (Å²) in [6, 6.07) is 14.8. The van der Waals surface area contributed by atoms with E-state index in [9.17, 15) is 14.4 Å². The lowest BCUT2D eigenvalue weighted by Crippen LogP contribution is -2.52. The second-order valence-electron chi connectivity index (χ2n) is 8.27. The number of carbonyl (C=O) groups excluding carboxylic acids is 3. The number of anilines is 1. The van der Waals surface area contributed by atoms with E-state index in [-0.39, 0.29) is 30.1 Å². The lowest BCUT2D eigenvalue weighted by molar-refractivity contribution is -0.137. The molecular weight excluding hydrogens is 420 g/mol. The Kier molecular flexibility index (Phi) is 5.60. The molecule has 0 spiro atoms. The summed E-state index contributed by atoms with van der Waals surface area (Å²) in [7, 11) is 0. The van der Waals surface area contributed by atoms with Crippen LogP contribution in [-0.2, 0) is 9.59 Å². The molecule has 0 bridgehead atoms. The highest BCUT2D eigenvalue weighted by Crippen LogP contribution is 2.26. The van der Waals surface area contributed by atoms with Gasteiger partial charge in [-0.05, 0) is 30.3 Å². The van der Waals surface area contributed by atoms with Crippen molar-refractivity contribution in [3.05, 3.63) is 66.6 Å². The highest BCUT2D eigenvalue weighted by atomic mass is 16.2. The average Bonchev–Trinajstić information content (AvgIpc) is 3.52. The molecule has 0 aliphatic carbocycles. The third kappa shape index (κ3) is 4.21. The van der Waals surface area contributed by atoms with Crippen LogP contribution in [0.4, 0.5) is 5.69 Å². The molecule has 1 aromatic carbocycles. The number of rotatable bonds is 4. The van der Waals surface area contributed by atoms with E-state index in [1.807, 2.05) is 42.5 Å². The summed E-state index contributed by atoms with van der Waals surface area (Å²) in [5.41, 5.74) is 2.72. The van der Waals surface area contributed by atoms with Crippen molar-refractivity contribution in [1.82, 2.24) is 25.0 Å². The van der Waals surface area contributed by atoms with E-state index in [0.717, 1.165) is 11.3 Å². The first-order valence-electron chi connectivity index (χ1n) is 11.0. The second-order valence-corrected chi connectivity index (χ2v) is 8.27. The van der Waals surface area contributed by atoms with Crippen molar-refractivity contribution in [3.63, 3.8) is 0 Å². The van der Waals surface area contributed by atoms with E-state index >= 15 is 0 Å². The number of benzene rings is 1. The van der Waals surface area contributed by atoms with Crippen LogP contribution in [0.3, 0.4) is 0 Å².